The quantitative estimate of drug-likeness (QED) is 0.820. The van der Waals surface area contributed by atoms with Crippen LogP contribution in [0.2, 0.25) is 0 Å². The molecule has 0 saturated carbocycles. The molecule has 2 aromatic rings. The smallest absolute Gasteiger partial charge is 0.267 e. The number of rotatable bonds is 5. The highest BCUT2D eigenvalue weighted by Crippen LogP contribution is 2.31. The van der Waals surface area contributed by atoms with E-state index in [4.69, 9.17) is 9.47 Å². The maximum absolute atomic E-state index is 12.8. The number of nitrogens with one attached hydrogen (secondary N) is 1. The Kier molecular flexibility index (Phi) is 6.18. The average molecular weight is 409 g/mol. The van der Waals surface area contributed by atoms with E-state index in [0.29, 0.717) is 44.2 Å². The van der Waals surface area contributed by atoms with Gasteiger partial charge in [0.05, 0.1) is 6.54 Å². The van der Waals surface area contributed by atoms with Gasteiger partial charge in [0.15, 0.2) is 11.5 Å². The Hall–Kier alpha value is -3.06. The molecule has 1 unspecified atom stereocenters. The van der Waals surface area contributed by atoms with Crippen molar-refractivity contribution in [2.75, 3.05) is 44.6 Å². The summed E-state index contributed by atoms with van der Waals surface area (Å²) in [5.74, 6) is 1.17. The molecular weight excluding hydrogens is 382 g/mol. The summed E-state index contributed by atoms with van der Waals surface area (Å²) in [5.41, 5.74) is 2.01. The highest BCUT2D eigenvalue weighted by Gasteiger charge is 2.32. The molecule has 7 nitrogen and oxygen atoms in total. The zero-order valence-electron chi connectivity index (χ0n) is 17.2. The second-order valence-electron chi connectivity index (χ2n) is 7.57. The minimum Gasteiger partial charge on any atom is -0.485 e. The standard InChI is InChI=1S/C23H27N3O4/c1-2-17-6-5-7-18(14-17)24-22(27)15-25-10-12-26(13-11-25)23(28)21-16-29-19-8-3-4-9-20(19)30-21/h3-9,14,21H,2,10-13,15-16H2,1H3,(H,24,27). The SMILES string of the molecule is CCc1cccc(NC(=O)CN2CCN(C(=O)C3COc4ccccc4O3)CC2)c1. The van der Waals surface area contributed by atoms with E-state index in [9.17, 15) is 9.59 Å². The number of piperazine rings is 1. The molecular formula is C23H27N3O4. The molecule has 0 bridgehead atoms. The van der Waals surface area contributed by atoms with Gasteiger partial charge in [0.1, 0.15) is 6.61 Å². The molecule has 30 heavy (non-hydrogen) atoms. The van der Waals surface area contributed by atoms with Crippen LogP contribution in [0.4, 0.5) is 5.69 Å². The second-order valence-corrected chi connectivity index (χ2v) is 7.57. The van der Waals surface area contributed by atoms with E-state index in [1.807, 2.05) is 48.5 Å². The van der Waals surface area contributed by atoms with Crippen LogP contribution in [-0.2, 0) is 16.0 Å². The van der Waals surface area contributed by atoms with Crippen LogP contribution >= 0.6 is 0 Å². The normalized spacial score (nSPS) is 18.7. The van der Waals surface area contributed by atoms with Crippen molar-refractivity contribution >= 4 is 17.5 Å². The van der Waals surface area contributed by atoms with Crippen molar-refractivity contribution in [1.29, 1.82) is 0 Å². The van der Waals surface area contributed by atoms with Crippen LogP contribution in [-0.4, -0.2) is 67.0 Å². The fraction of sp³-hybridized carbons (Fsp3) is 0.391. The summed E-state index contributed by atoms with van der Waals surface area (Å²) in [6.45, 7) is 5.06. The first-order valence-corrected chi connectivity index (χ1v) is 10.4. The van der Waals surface area contributed by atoms with Crippen LogP contribution in [0.1, 0.15) is 12.5 Å². The number of anilines is 1. The third-order valence-corrected chi connectivity index (χ3v) is 5.45. The van der Waals surface area contributed by atoms with E-state index in [1.54, 1.807) is 4.90 Å². The van der Waals surface area contributed by atoms with Gasteiger partial charge in [-0.1, -0.05) is 31.2 Å². The average Bonchev–Trinajstić information content (AvgIpc) is 2.79. The second kappa shape index (κ2) is 9.17. The number of benzene rings is 2. The lowest BCUT2D eigenvalue weighted by Crippen LogP contribution is -2.54. The van der Waals surface area contributed by atoms with Gasteiger partial charge >= 0.3 is 0 Å². The summed E-state index contributed by atoms with van der Waals surface area (Å²) in [4.78, 5) is 29.1. The lowest BCUT2D eigenvalue weighted by Gasteiger charge is -2.36. The number of ether oxygens (including phenoxy) is 2. The van der Waals surface area contributed by atoms with Crippen molar-refractivity contribution in [2.24, 2.45) is 0 Å². The Morgan fingerprint density at radius 2 is 1.80 bits per heavy atom. The van der Waals surface area contributed by atoms with Crippen molar-refractivity contribution in [1.82, 2.24) is 9.80 Å². The Balaban J connectivity index is 1.24. The maximum atomic E-state index is 12.8. The number of nitrogens with zero attached hydrogens (tertiary/aromatic N) is 2. The Bertz CT molecular complexity index is 909. The predicted octanol–water partition coefficient (Wildman–Crippen LogP) is 2.17. The number of aryl methyl sites for hydroxylation is 1. The zero-order valence-corrected chi connectivity index (χ0v) is 17.2. The molecule has 2 aliphatic heterocycles. The molecule has 158 valence electrons. The Labute approximate surface area is 176 Å². The van der Waals surface area contributed by atoms with Crippen molar-refractivity contribution in [3.63, 3.8) is 0 Å². The number of hydrogen-bond acceptors (Lipinski definition) is 5. The molecule has 2 heterocycles. The molecule has 4 rings (SSSR count). The van der Waals surface area contributed by atoms with E-state index in [0.717, 1.165) is 12.1 Å². The lowest BCUT2D eigenvalue weighted by molar-refractivity contribution is -0.143. The number of amides is 2. The largest absolute Gasteiger partial charge is 0.485 e. The third kappa shape index (κ3) is 4.74. The molecule has 7 heteroatoms. The molecule has 0 aliphatic carbocycles. The molecule has 0 aromatic heterocycles. The molecule has 0 radical (unpaired) electrons. The third-order valence-electron chi connectivity index (χ3n) is 5.45. The molecule has 0 spiro atoms. The first kappa shape index (κ1) is 20.2. The van der Waals surface area contributed by atoms with Gasteiger partial charge < -0.3 is 19.7 Å². The van der Waals surface area contributed by atoms with Crippen molar-refractivity contribution in [2.45, 2.75) is 19.4 Å². The Morgan fingerprint density at radius 1 is 1.03 bits per heavy atom. The van der Waals surface area contributed by atoms with Crippen LogP contribution in [0.5, 0.6) is 11.5 Å². The molecule has 2 amide bonds. The lowest BCUT2D eigenvalue weighted by atomic mass is 10.1. The van der Waals surface area contributed by atoms with Gasteiger partial charge in [-0.2, -0.15) is 0 Å². The summed E-state index contributed by atoms with van der Waals surface area (Å²) < 4.78 is 11.5. The van der Waals surface area contributed by atoms with Gasteiger partial charge in [-0.15, -0.1) is 0 Å². The van der Waals surface area contributed by atoms with Gasteiger partial charge in [-0.05, 0) is 36.2 Å². The van der Waals surface area contributed by atoms with Gasteiger partial charge in [0.2, 0.25) is 12.0 Å². The van der Waals surface area contributed by atoms with Crippen molar-refractivity contribution in [3.8, 4) is 11.5 Å². The van der Waals surface area contributed by atoms with Gasteiger partial charge in [-0.3, -0.25) is 14.5 Å². The summed E-state index contributed by atoms with van der Waals surface area (Å²) in [5, 5.41) is 2.96. The van der Waals surface area contributed by atoms with Gasteiger partial charge in [0.25, 0.3) is 5.91 Å². The van der Waals surface area contributed by atoms with Crippen LogP contribution in [0, 0.1) is 0 Å². The molecule has 1 fully saturated rings. The number of carbonyl (C=O) groups is 2. The van der Waals surface area contributed by atoms with E-state index >= 15 is 0 Å². The van der Waals surface area contributed by atoms with Crippen LogP contribution in [0.25, 0.3) is 0 Å². The molecule has 2 aliphatic rings. The van der Waals surface area contributed by atoms with E-state index < -0.39 is 6.10 Å². The van der Waals surface area contributed by atoms with Gasteiger partial charge in [0, 0.05) is 31.9 Å². The fourth-order valence-electron chi connectivity index (χ4n) is 3.74. The summed E-state index contributed by atoms with van der Waals surface area (Å²) in [7, 11) is 0. The minimum absolute atomic E-state index is 0.0383. The van der Waals surface area contributed by atoms with Crippen LogP contribution in [0.3, 0.4) is 0 Å². The van der Waals surface area contributed by atoms with Gasteiger partial charge in [-0.25, -0.2) is 0 Å². The molecule has 1 atom stereocenters. The zero-order chi connectivity index (χ0) is 20.9. The fourth-order valence-corrected chi connectivity index (χ4v) is 3.74. The highest BCUT2D eigenvalue weighted by atomic mass is 16.6. The van der Waals surface area contributed by atoms with E-state index in [2.05, 4.69) is 17.1 Å². The Morgan fingerprint density at radius 3 is 2.57 bits per heavy atom. The summed E-state index contributed by atoms with van der Waals surface area (Å²) >= 11 is 0. The highest BCUT2D eigenvalue weighted by molar-refractivity contribution is 5.92. The van der Waals surface area contributed by atoms with Crippen LogP contribution < -0.4 is 14.8 Å². The van der Waals surface area contributed by atoms with E-state index in [1.165, 1.54) is 5.56 Å². The summed E-state index contributed by atoms with van der Waals surface area (Å²) in [6, 6.07) is 15.3. The molecule has 2 aromatic carbocycles. The van der Waals surface area contributed by atoms with Crippen molar-refractivity contribution < 1.29 is 19.1 Å². The number of hydrogen-bond donors (Lipinski definition) is 1. The topological polar surface area (TPSA) is 71.1 Å². The number of fused-ring (bicyclic) bond motifs is 1. The monoisotopic (exact) mass is 409 g/mol. The minimum atomic E-state index is -0.624. The molecule has 1 saturated heterocycles. The number of carbonyl (C=O) groups excluding carboxylic acids is 2. The van der Waals surface area contributed by atoms with E-state index in [-0.39, 0.29) is 18.4 Å². The predicted molar refractivity (Wildman–Crippen MR) is 114 cm³/mol. The first-order chi connectivity index (χ1) is 14.6. The number of para-hydroxylation sites is 2. The first-order valence-electron chi connectivity index (χ1n) is 10.4. The van der Waals surface area contributed by atoms with Crippen LogP contribution in [0.15, 0.2) is 48.5 Å². The summed E-state index contributed by atoms with van der Waals surface area (Å²) in [6.07, 6.45) is 0.307. The van der Waals surface area contributed by atoms with Crippen molar-refractivity contribution in [3.05, 3.63) is 54.1 Å². The maximum Gasteiger partial charge on any atom is 0.267 e. The molecule has 1 N–H and O–H groups in total.